The molecule has 0 aliphatic carbocycles. The highest BCUT2D eigenvalue weighted by Crippen LogP contribution is 2.25. The smallest absolute Gasteiger partial charge is 0.182 e. The molecule has 3 aromatic rings. The van der Waals surface area contributed by atoms with Crippen LogP contribution in [0.4, 0.5) is 11.5 Å². The molecule has 0 unspecified atom stereocenters. The molecular formula is C15H13ClN4. The number of hydrogen-bond acceptors (Lipinski definition) is 3. The van der Waals surface area contributed by atoms with Crippen molar-refractivity contribution in [3.8, 4) is 0 Å². The molecule has 100 valence electrons. The van der Waals surface area contributed by atoms with Gasteiger partial charge in [0, 0.05) is 11.2 Å². The Labute approximate surface area is 121 Å². The molecule has 0 aliphatic rings. The van der Waals surface area contributed by atoms with Crippen LogP contribution in [0.1, 0.15) is 11.3 Å². The number of halogens is 1. The van der Waals surface area contributed by atoms with Gasteiger partial charge in [-0.15, -0.1) is 10.2 Å². The normalized spacial score (nSPS) is 11.6. The molecule has 0 amide bonds. The number of pyridine rings is 1. The van der Waals surface area contributed by atoms with E-state index in [0.29, 0.717) is 5.02 Å². The SMILES string of the molecule is Cc1nc2c(C)cccn2c1N=Nc1ccc(Cl)cc1. The van der Waals surface area contributed by atoms with E-state index in [4.69, 9.17) is 11.6 Å². The summed E-state index contributed by atoms with van der Waals surface area (Å²) in [5, 5.41) is 9.24. The molecule has 20 heavy (non-hydrogen) atoms. The maximum atomic E-state index is 5.85. The lowest BCUT2D eigenvalue weighted by Crippen LogP contribution is -1.85. The molecule has 2 heterocycles. The van der Waals surface area contributed by atoms with Crippen LogP contribution in [0, 0.1) is 13.8 Å². The Morgan fingerprint density at radius 2 is 1.80 bits per heavy atom. The summed E-state index contributed by atoms with van der Waals surface area (Å²) in [5.74, 6) is 0.749. The van der Waals surface area contributed by atoms with E-state index in [0.717, 1.165) is 28.4 Å². The van der Waals surface area contributed by atoms with Crippen LogP contribution in [-0.4, -0.2) is 9.38 Å². The Balaban J connectivity index is 2.04. The fraction of sp³-hybridized carbons (Fsp3) is 0.133. The summed E-state index contributed by atoms with van der Waals surface area (Å²) >= 11 is 5.85. The third kappa shape index (κ3) is 2.30. The highest BCUT2D eigenvalue weighted by Gasteiger charge is 2.09. The molecule has 0 saturated carbocycles. The second kappa shape index (κ2) is 5.06. The second-order valence-electron chi connectivity index (χ2n) is 4.58. The second-order valence-corrected chi connectivity index (χ2v) is 5.02. The van der Waals surface area contributed by atoms with Crippen molar-refractivity contribution in [3.63, 3.8) is 0 Å². The van der Waals surface area contributed by atoms with Crippen LogP contribution in [0.15, 0.2) is 52.8 Å². The first-order valence-corrected chi connectivity index (χ1v) is 6.64. The Morgan fingerprint density at radius 1 is 1.05 bits per heavy atom. The number of aryl methyl sites for hydroxylation is 2. The minimum absolute atomic E-state index is 0.686. The Kier molecular flexibility index (Phi) is 3.24. The van der Waals surface area contributed by atoms with E-state index >= 15 is 0 Å². The lowest BCUT2D eigenvalue weighted by molar-refractivity contribution is 1.09. The lowest BCUT2D eigenvalue weighted by atomic mass is 10.3. The van der Waals surface area contributed by atoms with Crippen molar-refractivity contribution >= 4 is 28.8 Å². The number of benzene rings is 1. The van der Waals surface area contributed by atoms with E-state index in [-0.39, 0.29) is 0 Å². The van der Waals surface area contributed by atoms with Gasteiger partial charge in [-0.3, -0.25) is 4.40 Å². The van der Waals surface area contributed by atoms with E-state index < -0.39 is 0 Å². The van der Waals surface area contributed by atoms with Gasteiger partial charge in [0.15, 0.2) is 5.82 Å². The van der Waals surface area contributed by atoms with Crippen molar-refractivity contribution in [2.24, 2.45) is 10.2 Å². The van der Waals surface area contributed by atoms with E-state index in [9.17, 15) is 0 Å². The van der Waals surface area contributed by atoms with Gasteiger partial charge in [0.2, 0.25) is 0 Å². The number of fused-ring (bicyclic) bond motifs is 1. The fourth-order valence-electron chi connectivity index (χ4n) is 2.04. The third-order valence-corrected chi connectivity index (χ3v) is 3.33. The van der Waals surface area contributed by atoms with Crippen molar-refractivity contribution < 1.29 is 0 Å². The molecule has 0 bridgehead atoms. The van der Waals surface area contributed by atoms with Gasteiger partial charge < -0.3 is 0 Å². The molecule has 0 saturated heterocycles. The number of aromatic nitrogens is 2. The zero-order chi connectivity index (χ0) is 14.1. The standard InChI is InChI=1S/C15H13ClN4/c1-10-4-3-9-20-14(10)17-11(2)15(20)19-18-13-7-5-12(16)6-8-13/h3-9H,1-2H3. The van der Waals surface area contributed by atoms with Crippen LogP contribution in [0.25, 0.3) is 5.65 Å². The molecule has 0 radical (unpaired) electrons. The number of azo groups is 1. The number of hydrogen-bond donors (Lipinski definition) is 0. The van der Waals surface area contributed by atoms with Gasteiger partial charge in [0.1, 0.15) is 5.65 Å². The number of nitrogens with zero attached hydrogens (tertiary/aromatic N) is 4. The van der Waals surface area contributed by atoms with Crippen molar-refractivity contribution in [2.75, 3.05) is 0 Å². The first kappa shape index (κ1) is 12.8. The Morgan fingerprint density at radius 3 is 2.55 bits per heavy atom. The summed E-state index contributed by atoms with van der Waals surface area (Å²) in [6.07, 6.45) is 1.94. The highest BCUT2D eigenvalue weighted by molar-refractivity contribution is 6.30. The van der Waals surface area contributed by atoms with Gasteiger partial charge >= 0.3 is 0 Å². The lowest BCUT2D eigenvalue weighted by Gasteiger charge is -1.98. The van der Waals surface area contributed by atoms with Crippen LogP contribution in [0.2, 0.25) is 5.02 Å². The van der Waals surface area contributed by atoms with Crippen LogP contribution >= 0.6 is 11.6 Å². The van der Waals surface area contributed by atoms with Gasteiger partial charge in [-0.1, -0.05) is 17.7 Å². The van der Waals surface area contributed by atoms with E-state index in [1.807, 2.05) is 48.7 Å². The van der Waals surface area contributed by atoms with Gasteiger partial charge in [-0.2, -0.15) is 0 Å². The van der Waals surface area contributed by atoms with Crippen molar-refractivity contribution in [2.45, 2.75) is 13.8 Å². The molecule has 0 atom stereocenters. The summed E-state index contributed by atoms with van der Waals surface area (Å²) in [6, 6.07) is 11.3. The van der Waals surface area contributed by atoms with Crippen molar-refractivity contribution in [1.29, 1.82) is 0 Å². The van der Waals surface area contributed by atoms with E-state index in [2.05, 4.69) is 15.2 Å². The third-order valence-electron chi connectivity index (χ3n) is 3.07. The van der Waals surface area contributed by atoms with Crippen LogP contribution in [0.5, 0.6) is 0 Å². The molecule has 1 aromatic carbocycles. The van der Waals surface area contributed by atoms with Gasteiger partial charge in [0.25, 0.3) is 0 Å². The van der Waals surface area contributed by atoms with Crippen LogP contribution in [0.3, 0.4) is 0 Å². The molecule has 0 aliphatic heterocycles. The molecule has 5 heteroatoms. The summed E-state index contributed by atoms with van der Waals surface area (Å²) < 4.78 is 1.95. The molecule has 0 N–H and O–H groups in total. The average molecular weight is 285 g/mol. The van der Waals surface area contributed by atoms with E-state index in [1.54, 1.807) is 12.1 Å². The monoisotopic (exact) mass is 284 g/mol. The minimum atomic E-state index is 0.686. The number of imidazole rings is 1. The Hall–Kier alpha value is -2.20. The molecule has 2 aromatic heterocycles. The predicted octanol–water partition coefficient (Wildman–Crippen LogP) is 5.02. The summed E-state index contributed by atoms with van der Waals surface area (Å²) in [4.78, 5) is 4.53. The summed E-state index contributed by atoms with van der Waals surface area (Å²) in [7, 11) is 0. The maximum absolute atomic E-state index is 5.85. The first-order valence-electron chi connectivity index (χ1n) is 6.27. The predicted molar refractivity (Wildman–Crippen MR) is 80.3 cm³/mol. The topological polar surface area (TPSA) is 42.0 Å². The van der Waals surface area contributed by atoms with Crippen molar-refractivity contribution in [3.05, 3.63) is 58.9 Å². The highest BCUT2D eigenvalue weighted by atomic mass is 35.5. The van der Waals surface area contributed by atoms with Gasteiger partial charge in [0.05, 0.1) is 11.4 Å². The maximum Gasteiger partial charge on any atom is 0.182 e. The van der Waals surface area contributed by atoms with Crippen LogP contribution < -0.4 is 0 Å². The Bertz CT molecular complexity index is 787. The molecule has 0 spiro atoms. The first-order chi connectivity index (χ1) is 9.65. The zero-order valence-corrected chi connectivity index (χ0v) is 12.0. The molecular weight excluding hydrogens is 272 g/mol. The zero-order valence-electron chi connectivity index (χ0n) is 11.2. The number of rotatable bonds is 2. The summed E-state index contributed by atoms with van der Waals surface area (Å²) in [6.45, 7) is 3.96. The van der Waals surface area contributed by atoms with Crippen molar-refractivity contribution in [1.82, 2.24) is 9.38 Å². The van der Waals surface area contributed by atoms with Crippen LogP contribution in [-0.2, 0) is 0 Å². The molecule has 4 nitrogen and oxygen atoms in total. The quantitative estimate of drug-likeness (QED) is 0.609. The minimum Gasteiger partial charge on any atom is -0.283 e. The summed E-state index contributed by atoms with van der Waals surface area (Å²) in [5.41, 5.74) is 3.65. The fourth-order valence-corrected chi connectivity index (χ4v) is 2.16. The van der Waals surface area contributed by atoms with Gasteiger partial charge in [-0.05, 0) is 49.7 Å². The van der Waals surface area contributed by atoms with E-state index in [1.165, 1.54) is 0 Å². The van der Waals surface area contributed by atoms with Gasteiger partial charge in [-0.25, -0.2) is 4.98 Å². The largest absolute Gasteiger partial charge is 0.283 e. The average Bonchev–Trinajstić information content (AvgIpc) is 2.76. The molecule has 0 fully saturated rings. The molecule has 3 rings (SSSR count).